The maximum atomic E-state index is 9.63. The highest BCUT2D eigenvalue weighted by Crippen LogP contribution is 2.20. The summed E-state index contributed by atoms with van der Waals surface area (Å²) in [5.74, 6) is 1.14. The summed E-state index contributed by atoms with van der Waals surface area (Å²) in [4.78, 5) is 10.8. The van der Waals surface area contributed by atoms with Gasteiger partial charge in [-0.05, 0) is 19.0 Å². The Bertz CT molecular complexity index is 675. The van der Waals surface area contributed by atoms with Crippen LogP contribution in [0.3, 0.4) is 0 Å². The molecule has 0 aliphatic carbocycles. The number of hydrogen-bond donors (Lipinski definition) is 4. The molecule has 1 aromatic carbocycles. The van der Waals surface area contributed by atoms with E-state index < -0.39 is 0 Å². The zero-order valence-corrected chi connectivity index (χ0v) is 14.5. The summed E-state index contributed by atoms with van der Waals surface area (Å²) in [6.45, 7) is 2.46. The Labute approximate surface area is 148 Å². The van der Waals surface area contributed by atoms with E-state index in [1.807, 2.05) is 31.3 Å². The van der Waals surface area contributed by atoms with Gasteiger partial charge in [-0.25, -0.2) is 4.98 Å². The van der Waals surface area contributed by atoms with E-state index >= 15 is 0 Å². The van der Waals surface area contributed by atoms with Gasteiger partial charge >= 0.3 is 0 Å². The Hall–Kier alpha value is -2.22. The van der Waals surface area contributed by atoms with Crippen LogP contribution in [-0.2, 0) is 13.0 Å². The molecule has 3 rings (SSSR count). The summed E-state index contributed by atoms with van der Waals surface area (Å²) < 4.78 is 0. The minimum Gasteiger partial charge on any atom is -0.395 e. The molecule has 5 N–H and O–H groups in total. The molecule has 7 nitrogen and oxygen atoms in total. The molecule has 0 saturated carbocycles. The van der Waals surface area contributed by atoms with Crippen molar-refractivity contribution >= 4 is 11.8 Å². The molecule has 2 aromatic rings. The largest absolute Gasteiger partial charge is 0.395 e. The number of aliphatic hydroxyl groups excluding tert-OH is 1. The first-order chi connectivity index (χ1) is 12.2. The van der Waals surface area contributed by atoms with Gasteiger partial charge < -0.3 is 26.4 Å². The van der Waals surface area contributed by atoms with Crippen molar-refractivity contribution in [1.82, 2.24) is 20.6 Å². The van der Waals surface area contributed by atoms with Crippen LogP contribution in [0, 0.1) is 0 Å². The Morgan fingerprint density at radius 2 is 2.04 bits per heavy atom. The number of nitrogens with one attached hydrogen (secondary N) is 2. The van der Waals surface area contributed by atoms with Crippen LogP contribution in [0.25, 0.3) is 0 Å². The lowest BCUT2D eigenvalue weighted by atomic mass is 10.1. The first-order valence-electron chi connectivity index (χ1n) is 8.61. The number of nitrogen functional groups attached to an aromatic ring is 1. The van der Waals surface area contributed by atoms with E-state index in [1.54, 1.807) is 0 Å². The quantitative estimate of drug-likeness (QED) is 0.542. The zero-order chi connectivity index (χ0) is 17.6. The molecule has 1 aromatic heterocycles. The number of anilines is 2. The van der Waals surface area contributed by atoms with E-state index in [9.17, 15) is 5.11 Å². The van der Waals surface area contributed by atoms with Crippen molar-refractivity contribution in [2.45, 2.75) is 25.0 Å². The fraction of sp³-hybridized carbons (Fsp3) is 0.444. The van der Waals surface area contributed by atoms with Crippen LogP contribution in [0.2, 0.25) is 0 Å². The molecule has 0 radical (unpaired) electrons. The van der Waals surface area contributed by atoms with Gasteiger partial charge in [0.05, 0.1) is 12.3 Å². The van der Waals surface area contributed by atoms with Crippen LogP contribution in [0.1, 0.15) is 11.3 Å². The van der Waals surface area contributed by atoms with Crippen molar-refractivity contribution in [3.05, 3.63) is 47.7 Å². The summed E-state index contributed by atoms with van der Waals surface area (Å²) in [7, 11) is 1.97. The van der Waals surface area contributed by atoms with E-state index in [4.69, 9.17) is 5.73 Å². The third-order valence-corrected chi connectivity index (χ3v) is 4.51. The van der Waals surface area contributed by atoms with Gasteiger partial charge in [0.15, 0.2) is 0 Å². The van der Waals surface area contributed by atoms with E-state index in [1.165, 1.54) is 5.56 Å². The van der Waals surface area contributed by atoms with Crippen LogP contribution in [0.4, 0.5) is 11.8 Å². The van der Waals surface area contributed by atoms with Crippen LogP contribution < -0.4 is 21.3 Å². The molecule has 1 fully saturated rings. The second-order valence-electron chi connectivity index (χ2n) is 6.42. The van der Waals surface area contributed by atoms with Gasteiger partial charge in [-0.2, -0.15) is 4.98 Å². The van der Waals surface area contributed by atoms with Crippen molar-refractivity contribution in [1.29, 1.82) is 0 Å². The van der Waals surface area contributed by atoms with Gasteiger partial charge in [-0.15, -0.1) is 0 Å². The van der Waals surface area contributed by atoms with Crippen molar-refractivity contribution in [2.75, 3.05) is 37.4 Å². The number of benzene rings is 1. The summed E-state index contributed by atoms with van der Waals surface area (Å²) in [6, 6.07) is 12.6. The van der Waals surface area contributed by atoms with Crippen molar-refractivity contribution in [3.8, 4) is 0 Å². The molecule has 1 atom stereocenters. The molecule has 0 bridgehead atoms. The molecular formula is C18H26N6O. The second kappa shape index (κ2) is 8.24. The van der Waals surface area contributed by atoms with Crippen molar-refractivity contribution in [2.24, 2.45) is 0 Å². The van der Waals surface area contributed by atoms with Gasteiger partial charge in [-0.3, -0.25) is 0 Å². The number of aromatic nitrogens is 2. The molecule has 1 aliphatic heterocycles. The van der Waals surface area contributed by atoms with Gasteiger partial charge in [0.1, 0.15) is 5.82 Å². The molecule has 1 aliphatic rings. The summed E-state index contributed by atoms with van der Waals surface area (Å²) >= 11 is 0. The molecule has 0 spiro atoms. The third-order valence-electron chi connectivity index (χ3n) is 4.51. The Balaban J connectivity index is 1.59. The Kier molecular flexibility index (Phi) is 5.80. The molecule has 134 valence electrons. The molecular weight excluding hydrogens is 316 g/mol. The predicted octanol–water partition coefficient (Wildman–Crippen LogP) is 0.160. The topological polar surface area (TPSA) is 99.3 Å². The van der Waals surface area contributed by atoms with Crippen LogP contribution >= 0.6 is 0 Å². The summed E-state index contributed by atoms with van der Waals surface area (Å²) in [6.07, 6.45) is 0.765. The smallest absolute Gasteiger partial charge is 0.222 e. The molecule has 7 heteroatoms. The first kappa shape index (κ1) is 17.6. The fourth-order valence-corrected chi connectivity index (χ4v) is 2.95. The lowest BCUT2D eigenvalue weighted by molar-refractivity contribution is 0.240. The van der Waals surface area contributed by atoms with Gasteiger partial charge in [0, 0.05) is 37.8 Å². The average molecular weight is 342 g/mol. The molecule has 1 saturated heterocycles. The van der Waals surface area contributed by atoms with Gasteiger partial charge in [0.25, 0.3) is 0 Å². The first-order valence-corrected chi connectivity index (χ1v) is 8.61. The highest BCUT2D eigenvalue weighted by Gasteiger charge is 2.26. The maximum absolute atomic E-state index is 9.63. The summed E-state index contributed by atoms with van der Waals surface area (Å²) in [5.41, 5.74) is 7.89. The van der Waals surface area contributed by atoms with Gasteiger partial charge in [-0.1, -0.05) is 30.3 Å². The van der Waals surface area contributed by atoms with E-state index in [0.29, 0.717) is 12.6 Å². The Morgan fingerprint density at radius 1 is 1.28 bits per heavy atom. The lowest BCUT2D eigenvalue weighted by Gasteiger charge is -2.40. The van der Waals surface area contributed by atoms with Crippen LogP contribution in [0.5, 0.6) is 0 Å². The summed E-state index contributed by atoms with van der Waals surface area (Å²) in [5, 5.41) is 16.2. The standard InChI is InChI=1S/C18H26N6O/c1-20-16-10-24(11-16)17-8-14(22-18(19)23-17)9-21-15(12-25)7-13-5-3-2-4-6-13/h2-6,8,15-16,20-21,25H,7,9-12H2,1H3,(H2,19,22,23)/t15-/m1/s1. The van der Waals surface area contributed by atoms with Crippen molar-refractivity contribution in [3.63, 3.8) is 0 Å². The lowest BCUT2D eigenvalue weighted by Crippen LogP contribution is -2.57. The molecule has 2 heterocycles. The second-order valence-corrected chi connectivity index (χ2v) is 6.42. The number of nitrogens with two attached hydrogens (primary N) is 1. The third kappa shape index (κ3) is 4.66. The molecule has 0 amide bonds. The number of hydrogen-bond acceptors (Lipinski definition) is 7. The van der Waals surface area contributed by atoms with E-state index in [-0.39, 0.29) is 18.6 Å². The minimum absolute atomic E-state index is 0.0280. The Morgan fingerprint density at radius 3 is 2.72 bits per heavy atom. The monoisotopic (exact) mass is 342 g/mol. The van der Waals surface area contributed by atoms with E-state index in [0.717, 1.165) is 31.0 Å². The number of rotatable bonds is 8. The van der Waals surface area contributed by atoms with Crippen LogP contribution in [-0.4, -0.2) is 53.9 Å². The van der Waals surface area contributed by atoms with Crippen molar-refractivity contribution < 1.29 is 5.11 Å². The number of nitrogens with zero attached hydrogens (tertiary/aromatic N) is 3. The van der Waals surface area contributed by atoms with E-state index in [2.05, 4.69) is 37.6 Å². The predicted molar refractivity (Wildman–Crippen MR) is 99.4 cm³/mol. The van der Waals surface area contributed by atoms with Gasteiger partial charge in [0.2, 0.25) is 5.95 Å². The highest BCUT2D eigenvalue weighted by molar-refractivity contribution is 5.46. The molecule has 25 heavy (non-hydrogen) atoms. The average Bonchev–Trinajstić information content (AvgIpc) is 2.58. The number of aliphatic hydroxyl groups is 1. The van der Waals surface area contributed by atoms with Crippen LogP contribution in [0.15, 0.2) is 36.4 Å². The fourth-order valence-electron chi connectivity index (χ4n) is 2.95. The zero-order valence-electron chi connectivity index (χ0n) is 14.5. The maximum Gasteiger partial charge on any atom is 0.222 e. The SMILES string of the molecule is CNC1CN(c2cc(CN[C@@H](CO)Cc3ccccc3)nc(N)n2)C1. The minimum atomic E-state index is -0.0280. The molecule has 0 unspecified atom stereocenters. The number of likely N-dealkylation sites (N-methyl/N-ethyl adjacent to an activating group) is 1. The highest BCUT2D eigenvalue weighted by atomic mass is 16.3. The normalized spacial score (nSPS) is 15.8.